The van der Waals surface area contributed by atoms with E-state index in [1.54, 1.807) is 68.1 Å². The molecule has 2 aromatic carbocycles. The van der Waals surface area contributed by atoms with Gasteiger partial charge in [0.15, 0.2) is 0 Å². The molecule has 0 saturated heterocycles. The quantitative estimate of drug-likeness (QED) is 0.126. The van der Waals surface area contributed by atoms with E-state index in [0.717, 1.165) is 11.1 Å². The third-order valence-corrected chi connectivity index (χ3v) is 9.56. The molecule has 0 unspecified atom stereocenters. The lowest BCUT2D eigenvalue weighted by Crippen LogP contribution is -2.29. The van der Waals surface area contributed by atoms with Gasteiger partial charge in [-0.05, 0) is 77.0 Å². The number of esters is 1. The van der Waals surface area contributed by atoms with Crippen LogP contribution in [0.1, 0.15) is 49.1 Å². The van der Waals surface area contributed by atoms with Crippen molar-refractivity contribution in [1.82, 2.24) is 29.7 Å². The molecule has 14 nitrogen and oxygen atoms in total. The van der Waals surface area contributed by atoms with E-state index in [1.807, 2.05) is 34.7 Å². The van der Waals surface area contributed by atoms with Crippen molar-refractivity contribution < 1.29 is 28.6 Å². The number of amides is 2. The largest absolute Gasteiger partial charge is 0.480 e. The van der Waals surface area contributed by atoms with Crippen LogP contribution in [0.2, 0.25) is 10.0 Å². The molecule has 0 atom stereocenters. The second kappa shape index (κ2) is 18.4. The molecule has 6 aromatic rings. The SMILES string of the molecule is CCOC(=O)c1cc2c(=O)c(C(=O)NCc3ccc(Cl)cc3)cn(C)c2nc1OC.COc1nc2c(cc1I)c(=O)c(C(=O)NCc1ccc(Cl)cc1)cn2C. The molecule has 2 N–H and O–H groups in total. The molecule has 0 fully saturated rings. The number of rotatable bonds is 10. The van der Waals surface area contributed by atoms with Gasteiger partial charge < -0.3 is 34.0 Å². The average Bonchev–Trinajstić information content (AvgIpc) is 3.19. The summed E-state index contributed by atoms with van der Waals surface area (Å²) in [6.45, 7) is 2.36. The summed E-state index contributed by atoms with van der Waals surface area (Å²) in [6.07, 6.45) is 2.89. The van der Waals surface area contributed by atoms with E-state index in [-0.39, 0.29) is 52.2 Å². The summed E-state index contributed by atoms with van der Waals surface area (Å²) in [4.78, 5) is 71.7. The lowest BCUT2D eigenvalue weighted by atomic mass is 10.1. The molecular weight excluding hydrogens is 878 g/mol. The van der Waals surface area contributed by atoms with Crippen molar-refractivity contribution in [3.8, 4) is 11.8 Å². The van der Waals surface area contributed by atoms with Crippen molar-refractivity contribution in [3.63, 3.8) is 0 Å². The number of methoxy groups -OCH3 is 2. The van der Waals surface area contributed by atoms with Gasteiger partial charge in [0, 0.05) is 49.6 Å². The highest BCUT2D eigenvalue weighted by molar-refractivity contribution is 14.1. The van der Waals surface area contributed by atoms with Gasteiger partial charge in [-0.15, -0.1) is 0 Å². The van der Waals surface area contributed by atoms with Crippen LogP contribution in [-0.2, 0) is 31.9 Å². The van der Waals surface area contributed by atoms with E-state index >= 15 is 0 Å². The molecule has 4 heterocycles. The monoisotopic (exact) mass is 912 g/mol. The van der Waals surface area contributed by atoms with Crippen LogP contribution in [0.5, 0.6) is 11.8 Å². The fourth-order valence-electron chi connectivity index (χ4n) is 5.48. The molecule has 56 heavy (non-hydrogen) atoms. The Morgan fingerprint density at radius 3 is 1.55 bits per heavy atom. The Bertz CT molecular complexity index is 2580. The van der Waals surface area contributed by atoms with E-state index in [4.69, 9.17) is 37.4 Å². The molecule has 290 valence electrons. The van der Waals surface area contributed by atoms with Crippen LogP contribution in [0, 0.1) is 3.57 Å². The zero-order valence-electron chi connectivity index (χ0n) is 30.7. The smallest absolute Gasteiger partial charge is 0.343 e. The predicted octanol–water partition coefficient (Wildman–Crippen LogP) is 5.83. The van der Waals surface area contributed by atoms with Gasteiger partial charge in [-0.3, -0.25) is 19.2 Å². The highest BCUT2D eigenvalue weighted by Crippen LogP contribution is 2.23. The number of hydrogen-bond donors (Lipinski definition) is 2. The maximum Gasteiger partial charge on any atom is 0.343 e. The topological polar surface area (TPSA) is 173 Å². The van der Waals surface area contributed by atoms with Gasteiger partial charge in [0.2, 0.25) is 22.6 Å². The van der Waals surface area contributed by atoms with E-state index in [2.05, 4.69) is 20.6 Å². The maximum absolute atomic E-state index is 13.0. The number of aryl methyl sites for hydroxylation is 2. The van der Waals surface area contributed by atoms with Crippen molar-refractivity contribution in [2.45, 2.75) is 20.0 Å². The van der Waals surface area contributed by atoms with Gasteiger partial charge in [0.25, 0.3) is 11.8 Å². The first-order valence-electron chi connectivity index (χ1n) is 16.8. The van der Waals surface area contributed by atoms with Crippen LogP contribution in [0.25, 0.3) is 22.1 Å². The number of carbonyl (C=O) groups excluding carboxylic acids is 3. The van der Waals surface area contributed by atoms with E-state index < -0.39 is 23.2 Å². The molecule has 6 rings (SSSR count). The number of nitrogens with zero attached hydrogens (tertiary/aromatic N) is 4. The standard InChI is InChI=1S/C21H20ClN3O5.C18H15ClIN3O3/c1-4-30-21(28)15-9-14-17(26)16(11-25(2)18(14)24-20(15)29-3)19(27)23-10-12-5-7-13(22)8-6-12;1-23-9-13(17(25)21-8-10-3-5-11(19)6-4-10)15(24)12-7-14(20)18(26-2)22-16(12)23/h5-9,11H,4,10H2,1-3H3,(H,23,27);3-7,9H,8H2,1-2H3,(H,21,25). The Kier molecular flexibility index (Phi) is 13.7. The minimum atomic E-state index is -0.664. The Morgan fingerprint density at radius 2 is 1.12 bits per heavy atom. The summed E-state index contributed by atoms with van der Waals surface area (Å²) < 4.78 is 19.3. The van der Waals surface area contributed by atoms with Crippen LogP contribution in [0.15, 0.2) is 82.6 Å². The van der Waals surface area contributed by atoms with E-state index in [0.29, 0.717) is 37.1 Å². The van der Waals surface area contributed by atoms with Crippen LogP contribution < -0.4 is 31.0 Å². The summed E-state index contributed by atoms with van der Waals surface area (Å²) >= 11 is 13.8. The summed E-state index contributed by atoms with van der Waals surface area (Å²) in [6, 6.07) is 17.2. The third-order valence-electron chi connectivity index (χ3n) is 8.29. The van der Waals surface area contributed by atoms with Gasteiger partial charge in [0.1, 0.15) is 28.0 Å². The van der Waals surface area contributed by atoms with Crippen LogP contribution >= 0.6 is 45.8 Å². The average molecular weight is 914 g/mol. The van der Waals surface area contributed by atoms with Crippen LogP contribution in [0.3, 0.4) is 0 Å². The zero-order valence-corrected chi connectivity index (χ0v) is 34.4. The molecule has 0 aliphatic heterocycles. The molecule has 0 bridgehead atoms. The van der Waals surface area contributed by atoms with Crippen molar-refractivity contribution in [3.05, 3.63) is 135 Å². The fraction of sp³-hybridized carbons (Fsp3) is 0.205. The number of ether oxygens (including phenoxy) is 3. The molecule has 2 amide bonds. The Morgan fingerprint density at radius 1 is 0.696 bits per heavy atom. The van der Waals surface area contributed by atoms with E-state index in [9.17, 15) is 24.0 Å². The first-order valence-corrected chi connectivity index (χ1v) is 18.6. The fourth-order valence-corrected chi connectivity index (χ4v) is 6.38. The Labute approximate surface area is 343 Å². The van der Waals surface area contributed by atoms with Crippen LogP contribution in [0.4, 0.5) is 0 Å². The highest BCUT2D eigenvalue weighted by Gasteiger charge is 2.22. The molecule has 0 saturated carbocycles. The van der Waals surface area contributed by atoms with Crippen LogP contribution in [-0.4, -0.2) is 57.7 Å². The summed E-state index contributed by atoms with van der Waals surface area (Å²) in [5.74, 6) is -1.17. The third kappa shape index (κ3) is 9.46. The van der Waals surface area contributed by atoms with Crippen molar-refractivity contribution >= 4 is 85.6 Å². The molecule has 17 heteroatoms. The van der Waals surface area contributed by atoms with Crippen molar-refractivity contribution in [1.29, 1.82) is 0 Å². The Hall–Kier alpha value is -5.52. The second-order valence-corrected chi connectivity index (χ2v) is 14.1. The Balaban J connectivity index is 0.000000216. The molecule has 0 aliphatic carbocycles. The number of aromatic nitrogens is 4. The summed E-state index contributed by atoms with van der Waals surface area (Å²) in [5.41, 5.74) is 1.57. The first-order chi connectivity index (χ1) is 26.8. The lowest BCUT2D eigenvalue weighted by molar-refractivity contribution is 0.0521. The number of benzene rings is 2. The summed E-state index contributed by atoms with van der Waals surface area (Å²) in [5, 5.41) is 7.18. The summed E-state index contributed by atoms with van der Waals surface area (Å²) in [7, 11) is 6.27. The van der Waals surface area contributed by atoms with Gasteiger partial charge in [0.05, 0.1) is 35.2 Å². The van der Waals surface area contributed by atoms with Crippen molar-refractivity contribution in [2.24, 2.45) is 14.1 Å². The normalized spacial score (nSPS) is 10.7. The number of nitrogens with one attached hydrogen (secondary N) is 2. The minimum Gasteiger partial charge on any atom is -0.480 e. The van der Waals surface area contributed by atoms with Gasteiger partial charge in [-0.25, -0.2) is 4.79 Å². The second-order valence-electron chi connectivity index (χ2n) is 12.1. The van der Waals surface area contributed by atoms with Gasteiger partial charge in [-0.2, -0.15) is 9.97 Å². The maximum atomic E-state index is 13.0. The number of pyridine rings is 4. The number of hydrogen-bond acceptors (Lipinski definition) is 10. The highest BCUT2D eigenvalue weighted by atomic mass is 127. The molecule has 0 radical (unpaired) electrons. The first kappa shape index (κ1) is 41.6. The lowest BCUT2D eigenvalue weighted by Gasteiger charge is -2.12. The number of fused-ring (bicyclic) bond motifs is 2. The van der Waals surface area contributed by atoms with E-state index in [1.165, 1.54) is 37.2 Å². The zero-order chi connectivity index (χ0) is 40.7. The molecule has 0 spiro atoms. The van der Waals surface area contributed by atoms with Crippen molar-refractivity contribution in [2.75, 3.05) is 20.8 Å². The molecule has 0 aliphatic rings. The molecule has 4 aromatic heterocycles. The van der Waals surface area contributed by atoms with Gasteiger partial charge >= 0.3 is 5.97 Å². The minimum absolute atomic E-state index is 0.0164. The number of halogens is 3. The predicted molar refractivity (Wildman–Crippen MR) is 221 cm³/mol. The van der Waals surface area contributed by atoms with Gasteiger partial charge in [-0.1, -0.05) is 47.5 Å². The number of carbonyl (C=O) groups is 3. The molecular formula is C39H35Cl2IN6O8.